The van der Waals surface area contributed by atoms with Gasteiger partial charge in [-0.05, 0) is 33.2 Å². The van der Waals surface area contributed by atoms with Crippen LogP contribution in [-0.2, 0) is 6.54 Å². The molecule has 0 radical (unpaired) electrons. The smallest absolute Gasteiger partial charge is 0.0794 e. The van der Waals surface area contributed by atoms with Crippen LogP contribution in [0.4, 0.5) is 0 Å². The van der Waals surface area contributed by atoms with Gasteiger partial charge < -0.3 is 5.32 Å². The maximum Gasteiger partial charge on any atom is 0.0794 e. The lowest BCUT2D eigenvalue weighted by Crippen LogP contribution is -2.45. The van der Waals surface area contributed by atoms with Crippen molar-refractivity contribution >= 4 is 11.3 Å². The first kappa shape index (κ1) is 13.0. The first-order valence-electron chi connectivity index (χ1n) is 6.60. The molecule has 0 amide bonds. The van der Waals surface area contributed by atoms with Crippen LogP contribution >= 0.6 is 11.3 Å². The van der Waals surface area contributed by atoms with Crippen molar-refractivity contribution in [3.05, 3.63) is 16.6 Å². The molecule has 0 aliphatic carbocycles. The summed E-state index contributed by atoms with van der Waals surface area (Å²) in [5.74, 6) is 0. The van der Waals surface area contributed by atoms with Crippen LogP contribution in [-0.4, -0.2) is 35.1 Å². The molecular formula is C13H23N3S. The van der Waals surface area contributed by atoms with Crippen LogP contribution in [0.25, 0.3) is 0 Å². The third-order valence-electron chi connectivity index (χ3n) is 3.44. The first-order valence-corrected chi connectivity index (χ1v) is 7.48. The lowest BCUT2D eigenvalue weighted by molar-refractivity contribution is 0.178. The maximum absolute atomic E-state index is 4.16. The van der Waals surface area contributed by atoms with Gasteiger partial charge in [-0.25, -0.2) is 0 Å². The van der Waals surface area contributed by atoms with Crippen molar-refractivity contribution in [1.29, 1.82) is 0 Å². The molecule has 1 aliphatic heterocycles. The van der Waals surface area contributed by atoms with Gasteiger partial charge in [0.15, 0.2) is 0 Å². The largest absolute Gasteiger partial charge is 0.313 e. The van der Waals surface area contributed by atoms with Crippen molar-refractivity contribution in [1.82, 2.24) is 15.2 Å². The molecule has 4 heteroatoms. The van der Waals surface area contributed by atoms with Crippen molar-refractivity contribution in [3.8, 4) is 0 Å². The van der Waals surface area contributed by atoms with Crippen molar-refractivity contribution in [2.45, 2.75) is 51.7 Å². The Hall–Kier alpha value is -0.450. The Bertz CT molecular complexity index is 304. The minimum atomic E-state index is 0.598. The van der Waals surface area contributed by atoms with E-state index in [0.29, 0.717) is 12.1 Å². The van der Waals surface area contributed by atoms with Crippen molar-refractivity contribution in [2.24, 2.45) is 0 Å². The quantitative estimate of drug-likeness (QED) is 0.874. The van der Waals surface area contributed by atoms with Gasteiger partial charge in [-0.3, -0.25) is 9.88 Å². The van der Waals surface area contributed by atoms with Crippen LogP contribution in [0.3, 0.4) is 0 Å². The summed E-state index contributed by atoms with van der Waals surface area (Å²) in [5, 5.41) is 3.63. The number of piperidine rings is 1. The molecular weight excluding hydrogens is 230 g/mol. The van der Waals surface area contributed by atoms with Gasteiger partial charge >= 0.3 is 0 Å². The van der Waals surface area contributed by atoms with E-state index < -0.39 is 0 Å². The van der Waals surface area contributed by atoms with E-state index in [1.165, 1.54) is 30.7 Å². The summed E-state index contributed by atoms with van der Waals surface area (Å²) in [6.07, 6.45) is 6.04. The van der Waals surface area contributed by atoms with Gasteiger partial charge in [0.1, 0.15) is 0 Å². The van der Waals surface area contributed by atoms with Gasteiger partial charge in [-0.15, -0.1) is 11.3 Å². The summed E-state index contributed by atoms with van der Waals surface area (Å²) in [6, 6.07) is 1.28. The maximum atomic E-state index is 4.16. The van der Waals surface area contributed by atoms with Gasteiger partial charge in [0.2, 0.25) is 0 Å². The van der Waals surface area contributed by atoms with Gasteiger partial charge in [0.05, 0.1) is 5.51 Å². The second-order valence-corrected chi connectivity index (χ2v) is 6.11. The average Bonchev–Trinajstić information content (AvgIpc) is 2.82. The molecule has 0 saturated carbocycles. The Morgan fingerprint density at radius 2 is 2.41 bits per heavy atom. The fourth-order valence-corrected chi connectivity index (χ4v) is 2.96. The minimum Gasteiger partial charge on any atom is -0.313 e. The molecule has 0 spiro atoms. The SMILES string of the molecule is CC(C)N(Cc1cncs1)CC1CCCCN1. The molecule has 1 aromatic heterocycles. The number of aromatic nitrogens is 1. The molecule has 1 aromatic rings. The monoisotopic (exact) mass is 253 g/mol. The molecule has 2 heterocycles. The second-order valence-electron chi connectivity index (χ2n) is 5.14. The Kier molecular flexibility index (Phi) is 4.95. The zero-order valence-corrected chi connectivity index (χ0v) is 11.7. The van der Waals surface area contributed by atoms with Gasteiger partial charge in [0, 0.05) is 36.2 Å². The lowest BCUT2D eigenvalue weighted by atomic mass is 10.0. The number of nitrogens with zero attached hydrogens (tertiary/aromatic N) is 2. The van der Waals surface area contributed by atoms with E-state index in [0.717, 1.165) is 13.1 Å². The predicted molar refractivity (Wildman–Crippen MR) is 73.3 cm³/mol. The van der Waals surface area contributed by atoms with E-state index in [4.69, 9.17) is 0 Å². The molecule has 0 bridgehead atoms. The van der Waals surface area contributed by atoms with Crippen LogP contribution in [0.1, 0.15) is 38.0 Å². The molecule has 1 saturated heterocycles. The average molecular weight is 253 g/mol. The summed E-state index contributed by atoms with van der Waals surface area (Å²) in [5.41, 5.74) is 1.92. The van der Waals surface area contributed by atoms with Gasteiger partial charge in [-0.1, -0.05) is 6.42 Å². The van der Waals surface area contributed by atoms with Crippen LogP contribution in [0.5, 0.6) is 0 Å². The van der Waals surface area contributed by atoms with Crippen LogP contribution in [0, 0.1) is 0 Å². The molecule has 1 aliphatic rings. The van der Waals surface area contributed by atoms with E-state index >= 15 is 0 Å². The third-order valence-corrected chi connectivity index (χ3v) is 4.20. The molecule has 0 aromatic carbocycles. The normalized spacial score (nSPS) is 21.3. The number of rotatable bonds is 5. The van der Waals surface area contributed by atoms with E-state index in [1.807, 2.05) is 11.7 Å². The molecule has 17 heavy (non-hydrogen) atoms. The molecule has 2 rings (SSSR count). The molecule has 1 unspecified atom stereocenters. The van der Waals surface area contributed by atoms with Gasteiger partial charge in [-0.2, -0.15) is 0 Å². The van der Waals surface area contributed by atoms with Crippen LogP contribution in [0.15, 0.2) is 11.7 Å². The second kappa shape index (κ2) is 6.47. The highest BCUT2D eigenvalue weighted by atomic mass is 32.1. The molecule has 96 valence electrons. The summed E-state index contributed by atoms with van der Waals surface area (Å²) in [4.78, 5) is 8.08. The number of hydrogen-bond acceptors (Lipinski definition) is 4. The zero-order valence-electron chi connectivity index (χ0n) is 10.9. The predicted octanol–water partition coefficient (Wildman–Crippen LogP) is 2.50. The Morgan fingerprint density at radius 3 is 3.00 bits per heavy atom. The van der Waals surface area contributed by atoms with E-state index in [1.54, 1.807) is 11.3 Å². The van der Waals surface area contributed by atoms with E-state index in [-0.39, 0.29) is 0 Å². The summed E-state index contributed by atoms with van der Waals surface area (Å²) >= 11 is 1.76. The fourth-order valence-electron chi connectivity index (χ4n) is 2.34. The molecule has 1 fully saturated rings. The highest BCUT2D eigenvalue weighted by Crippen LogP contribution is 2.15. The van der Waals surface area contributed by atoms with E-state index in [9.17, 15) is 0 Å². The number of nitrogens with one attached hydrogen (secondary N) is 1. The van der Waals surface area contributed by atoms with E-state index in [2.05, 4.69) is 29.0 Å². The lowest BCUT2D eigenvalue weighted by Gasteiger charge is -2.32. The molecule has 1 atom stereocenters. The molecule has 3 nitrogen and oxygen atoms in total. The fraction of sp³-hybridized carbons (Fsp3) is 0.769. The van der Waals surface area contributed by atoms with Crippen LogP contribution in [0.2, 0.25) is 0 Å². The van der Waals surface area contributed by atoms with Crippen molar-refractivity contribution in [3.63, 3.8) is 0 Å². The number of hydrogen-bond donors (Lipinski definition) is 1. The Balaban J connectivity index is 1.87. The van der Waals surface area contributed by atoms with Crippen molar-refractivity contribution in [2.75, 3.05) is 13.1 Å². The first-order chi connectivity index (χ1) is 8.25. The Labute approximate surface area is 108 Å². The van der Waals surface area contributed by atoms with Crippen molar-refractivity contribution < 1.29 is 0 Å². The standard InChI is InChI=1S/C13H23N3S/c1-11(2)16(9-13-7-14-10-17-13)8-12-5-3-4-6-15-12/h7,10-12,15H,3-6,8-9H2,1-2H3. The topological polar surface area (TPSA) is 28.2 Å². The van der Waals surface area contributed by atoms with Gasteiger partial charge in [0.25, 0.3) is 0 Å². The summed E-state index contributed by atoms with van der Waals surface area (Å²) in [6.45, 7) is 7.96. The summed E-state index contributed by atoms with van der Waals surface area (Å²) < 4.78 is 0. The zero-order chi connectivity index (χ0) is 12.1. The minimum absolute atomic E-state index is 0.598. The third kappa shape index (κ3) is 4.05. The molecule has 1 N–H and O–H groups in total. The van der Waals surface area contributed by atoms with Crippen LogP contribution < -0.4 is 5.32 Å². The number of thiazole rings is 1. The Morgan fingerprint density at radius 1 is 1.53 bits per heavy atom. The highest BCUT2D eigenvalue weighted by molar-refractivity contribution is 7.09. The summed E-state index contributed by atoms with van der Waals surface area (Å²) in [7, 11) is 0. The highest BCUT2D eigenvalue weighted by Gasteiger charge is 2.18.